The molecule has 0 heterocycles. The number of halogens is 2. The van der Waals surface area contributed by atoms with Crippen molar-refractivity contribution >= 4 is 21.6 Å². The van der Waals surface area contributed by atoms with Gasteiger partial charge in [-0.15, -0.1) is 0 Å². The van der Waals surface area contributed by atoms with Crippen LogP contribution in [0.25, 0.3) is 0 Å². The minimum atomic E-state index is -3.88. The van der Waals surface area contributed by atoms with Crippen LogP contribution >= 0.6 is 0 Å². The van der Waals surface area contributed by atoms with Gasteiger partial charge in [0.1, 0.15) is 17.4 Å². The molecule has 0 radical (unpaired) electrons. The molecule has 0 saturated carbocycles. The molecule has 3 rings (SSSR count). The van der Waals surface area contributed by atoms with Gasteiger partial charge in [-0.2, -0.15) is 0 Å². The van der Waals surface area contributed by atoms with Crippen LogP contribution in [0.2, 0.25) is 0 Å². The first-order valence-electron chi connectivity index (χ1n) is 9.36. The van der Waals surface area contributed by atoms with E-state index in [4.69, 9.17) is 4.74 Å². The lowest BCUT2D eigenvalue weighted by atomic mass is 10.1. The van der Waals surface area contributed by atoms with E-state index in [2.05, 4.69) is 10.0 Å². The Hall–Kier alpha value is -3.46. The molecule has 0 saturated heterocycles. The average Bonchev–Trinajstić information content (AvgIpc) is 2.74. The number of ether oxygens (including phenoxy) is 1. The largest absolute Gasteiger partial charge is 0.494 e. The summed E-state index contributed by atoms with van der Waals surface area (Å²) in [6, 6.07) is 14.7. The third-order valence-electron chi connectivity index (χ3n) is 4.27. The fourth-order valence-corrected chi connectivity index (χ4v) is 3.83. The smallest absolute Gasteiger partial charge is 0.261 e. The molecular weight excluding hydrogens is 426 g/mol. The van der Waals surface area contributed by atoms with E-state index in [0.29, 0.717) is 12.4 Å². The van der Waals surface area contributed by atoms with Crippen LogP contribution < -0.4 is 14.8 Å². The molecule has 6 nitrogen and oxygen atoms in total. The molecule has 0 bridgehead atoms. The van der Waals surface area contributed by atoms with Gasteiger partial charge in [-0.05, 0) is 67.6 Å². The maximum atomic E-state index is 13.7. The third kappa shape index (κ3) is 5.79. The van der Waals surface area contributed by atoms with Crippen molar-refractivity contribution in [3.63, 3.8) is 0 Å². The molecule has 0 spiro atoms. The first-order chi connectivity index (χ1) is 14.8. The van der Waals surface area contributed by atoms with Crippen LogP contribution in [0.15, 0.2) is 71.6 Å². The van der Waals surface area contributed by atoms with Gasteiger partial charge in [0.25, 0.3) is 15.9 Å². The van der Waals surface area contributed by atoms with Crippen molar-refractivity contribution in [3.8, 4) is 5.75 Å². The molecule has 0 atom stereocenters. The number of hydrogen-bond donors (Lipinski definition) is 2. The second kappa shape index (κ2) is 9.57. The maximum absolute atomic E-state index is 13.7. The molecule has 3 aromatic rings. The average molecular weight is 446 g/mol. The second-order valence-electron chi connectivity index (χ2n) is 6.51. The van der Waals surface area contributed by atoms with Gasteiger partial charge in [0.05, 0.1) is 11.5 Å². The summed E-state index contributed by atoms with van der Waals surface area (Å²) in [6.45, 7) is 2.07. The summed E-state index contributed by atoms with van der Waals surface area (Å²) in [6.07, 6.45) is 0. The van der Waals surface area contributed by atoms with Crippen molar-refractivity contribution < 1.29 is 26.7 Å². The van der Waals surface area contributed by atoms with Crippen LogP contribution in [0, 0.1) is 11.6 Å². The monoisotopic (exact) mass is 446 g/mol. The first-order valence-corrected chi connectivity index (χ1v) is 10.8. The lowest BCUT2D eigenvalue weighted by molar-refractivity contribution is 0.0950. The van der Waals surface area contributed by atoms with Crippen LogP contribution in [0.3, 0.4) is 0 Å². The molecule has 0 aliphatic carbocycles. The van der Waals surface area contributed by atoms with Crippen molar-refractivity contribution in [2.24, 2.45) is 0 Å². The molecule has 3 aromatic carbocycles. The Labute approximate surface area is 178 Å². The number of amides is 1. The Morgan fingerprint density at radius 1 is 1.00 bits per heavy atom. The highest BCUT2D eigenvalue weighted by atomic mass is 32.2. The minimum Gasteiger partial charge on any atom is -0.494 e. The SMILES string of the molecule is CCOc1ccc(S(=O)(=O)Nc2cccc(C(=O)NCc3cc(F)ccc3F)c2)cc1. The predicted octanol–water partition coefficient (Wildman–Crippen LogP) is 4.09. The lowest BCUT2D eigenvalue weighted by Crippen LogP contribution is -2.23. The summed E-state index contributed by atoms with van der Waals surface area (Å²) in [7, 11) is -3.88. The summed E-state index contributed by atoms with van der Waals surface area (Å²) in [5.74, 6) is -1.27. The van der Waals surface area contributed by atoms with Crippen LogP contribution in [0.5, 0.6) is 5.75 Å². The molecule has 1 amide bonds. The Kier molecular flexibility index (Phi) is 6.86. The quantitative estimate of drug-likeness (QED) is 0.546. The Bertz CT molecular complexity index is 1180. The number of anilines is 1. The van der Waals surface area contributed by atoms with E-state index in [-0.39, 0.29) is 28.3 Å². The molecule has 31 heavy (non-hydrogen) atoms. The molecule has 2 N–H and O–H groups in total. The molecule has 0 fully saturated rings. The zero-order chi connectivity index (χ0) is 22.4. The van der Waals surface area contributed by atoms with Crippen LogP contribution in [0.4, 0.5) is 14.5 Å². The maximum Gasteiger partial charge on any atom is 0.261 e. The van der Waals surface area contributed by atoms with Crippen molar-refractivity contribution in [2.45, 2.75) is 18.4 Å². The van der Waals surface area contributed by atoms with Crippen LogP contribution in [-0.4, -0.2) is 20.9 Å². The van der Waals surface area contributed by atoms with Crippen molar-refractivity contribution in [2.75, 3.05) is 11.3 Å². The molecule has 0 aliphatic heterocycles. The van der Waals surface area contributed by atoms with Crippen molar-refractivity contribution in [3.05, 3.63) is 89.5 Å². The molecule has 9 heteroatoms. The summed E-state index contributed by atoms with van der Waals surface area (Å²) in [5.41, 5.74) is 0.336. The van der Waals surface area contributed by atoms with Gasteiger partial charge >= 0.3 is 0 Å². The van der Waals surface area contributed by atoms with Crippen LogP contribution in [0.1, 0.15) is 22.8 Å². The van der Waals surface area contributed by atoms with Gasteiger partial charge in [-0.25, -0.2) is 17.2 Å². The van der Waals surface area contributed by atoms with Gasteiger partial charge in [0, 0.05) is 23.4 Å². The van der Waals surface area contributed by atoms with E-state index in [0.717, 1.165) is 18.2 Å². The molecule has 0 unspecified atom stereocenters. The van der Waals surface area contributed by atoms with E-state index in [1.807, 2.05) is 6.92 Å². The normalized spacial score (nSPS) is 11.1. The van der Waals surface area contributed by atoms with E-state index in [1.165, 1.54) is 36.4 Å². The van der Waals surface area contributed by atoms with Gasteiger partial charge in [0.15, 0.2) is 0 Å². The zero-order valence-corrected chi connectivity index (χ0v) is 17.4. The highest BCUT2D eigenvalue weighted by Crippen LogP contribution is 2.20. The van der Waals surface area contributed by atoms with E-state index in [9.17, 15) is 22.0 Å². The molecule has 0 aromatic heterocycles. The predicted molar refractivity (Wildman–Crippen MR) is 112 cm³/mol. The highest BCUT2D eigenvalue weighted by Gasteiger charge is 2.16. The number of benzene rings is 3. The summed E-state index contributed by atoms with van der Waals surface area (Å²) in [5, 5.41) is 2.49. The Balaban J connectivity index is 1.70. The second-order valence-corrected chi connectivity index (χ2v) is 8.19. The van der Waals surface area contributed by atoms with E-state index < -0.39 is 27.6 Å². The Morgan fingerprint density at radius 2 is 1.74 bits per heavy atom. The number of nitrogens with one attached hydrogen (secondary N) is 2. The van der Waals surface area contributed by atoms with Crippen molar-refractivity contribution in [1.82, 2.24) is 5.32 Å². The molecule has 162 valence electrons. The number of hydrogen-bond acceptors (Lipinski definition) is 4. The topological polar surface area (TPSA) is 84.5 Å². The third-order valence-corrected chi connectivity index (χ3v) is 5.67. The summed E-state index contributed by atoms with van der Waals surface area (Å²) in [4.78, 5) is 12.4. The first kappa shape index (κ1) is 22.2. The van der Waals surface area contributed by atoms with Gasteiger partial charge in [0.2, 0.25) is 0 Å². The fraction of sp³-hybridized carbons (Fsp3) is 0.136. The minimum absolute atomic E-state index is 0.000654. The lowest BCUT2D eigenvalue weighted by Gasteiger charge is -2.11. The summed E-state index contributed by atoms with van der Waals surface area (Å²) >= 11 is 0. The summed E-state index contributed by atoms with van der Waals surface area (Å²) < 4.78 is 59.9. The molecule has 0 aliphatic rings. The molecular formula is C22H20F2N2O4S. The van der Waals surface area contributed by atoms with Crippen molar-refractivity contribution in [1.29, 1.82) is 0 Å². The number of rotatable bonds is 8. The van der Waals surface area contributed by atoms with Crippen LogP contribution in [-0.2, 0) is 16.6 Å². The number of sulfonamides is 1. The van der Waals surface area contributed by atoms with Gasteiger partial charge < -0.3 is 10.1 Å². The zero-order valence-electron chi connectivity index (χ0n) is 16.6. The standard InChI is InChI=1S/C22H20F2N2O4S/c1-2-30-19-7-9-20(10-8-19)31(28,29)26-18-5-3-4-15(13-18)22(27)25-14-16-12-17(23)6-11-21(16)24/h3-13,26H,2,14H2,1H3,(H,25,27). The fourth-order valence-electron chi connectivity index (χ4n) is 2.78. The number of carbonyl (C=O) groups excluding carboxylic acids is 1. The van der Waals surface area contributed by atoms with E-state index in [1.54, 1.807) is 12.1 Å². The van der Waals surface area contributed by atoms with E-state index >= 15 is 0 Å². The van der Waals surface area contributed by atoms with Gasteiger partial charge in [-0.1, -0.05) is 6.07 Å². The highest BCUT2D eigenvalue weighted by molar-refractivity contribution is 7.92. The Morgan fingerprint density at radius 3 is 2.45 bits per heavy atom. The number of carbonyl (C=O) groups is 1. The van der Waals surface area contributed by atoms with Gasteiger partial charge in [-0.3, -0.25) is 9.52 Å².